The van der Waals surface area contributed by atoms with Crippen LogP contribution in [0.15, 0.2) is 35.2 Å². The van der Waals surface area contributed by atoms with Gasteiger partial charge >= 0.3 is 0 Å². The van der Waals surface area contributed by atoms with Crippen molar-refractivity contribution in [3.8, 4) is 11.3 Å². The topological polar surface area (TPSA) is 147 Å². The number of sulfone groups is 1. The molecule has 0 spiro atoms. The molecule has 1 fully saturated rings. The lowest BCUT2D eigenvalue weighted by Crippen LogP contribution is -2.20. The van der Waals surface area contributed by atoms with Gasteiger partial charge in [0.15, 0.2) is 15.9 Å². The van der Waals surface area contributed by atoms with Gasteiger partial charge in [0.1, 0.15) is 0 Å². The average molecular weight is 436 g/mol. The summed E-state index contributed by atoms with van der Waals surface area (Å²) in [5.74, 6) is -0.742. The number of carbonyl (C=O) groups excluding carboxylic acids is 1. The van der Waals surface area contributed by atoms with Crippen molar-refractivity contribution in [3.63, 3.8) is 0 Å². The number of aromatic nitrogens is 2. The first-order valence-corrected chi connectivity index (χ1v) is 11.5. The summed E-state index contributed by atoms with van der Waals surface area (Å²) in [6.45, 7) is 0. The summed E-state index contributed by atoms with van der Waals surface area (Å²) in [4.78, 5) is 27.1. The number of primary amides is 1. The van der Waals surface area contributed by atoms with Crippen LogP contribution in [0.1, 0.15) is 56.4 Å². The van der Waals surface area contributed by atoms with Gasteiger partial charge in [-0.25, -0.2) is 8.42 Å². The second kappa shape index (κ2) is 8.82. The second-order valence-corrected chi connectivity index (χ2v) is 9.49. The Morgan fingerprint density at radius 2 is 1.93 bits per heavy atom. The number of nitrogens with zero attached hydrogens (tertiary/aromatic N) is 3. The van der Waals surface area contributed by atoms with Crippen molar-refractivity contribution in [3.05, 3.63) is 46.1 Å². The fourth-order valence-electron chi connectivity index (χ4n) is 3.75. The Bertz CT molecular complexity index is 1010. The smallest absolute Gasteiger partial charge is 0.295 e. The van der Waals surface area contributed by atoms with E-state index in [-0.39, 0.29) is 23.1 Å². The lowest BCUT2D eigenvalue weighted by Gasteiger charge is -2.24. The fourth-order valence-corrected chi connectivity index (χ4v) is 4.38. The van der Waals surface area contributed by atoms with Crippen LogP contribution in [0.5, 0.6) is 0 Å². The lowest BCUT2D eigenvalue weighted by molar-refractivity contribution is -0.770. The first-order valence-electron chi connectivity index (χ1n) is 9.64. The predicted octanol–water partition coefficient (Wildman–Crippen LogP) is 2.58. The van der Waals surface area contributed by atoms with Gasteiger partial charge in [0.05, 0.1) is 28.7 Å². The first kappa shape index (κ1) is 21.8. The van der Waals surface area contributed by atoms with E-state index in [1.54, 1.807) is 22.9 Å². The molecule has 1 aromatic carbocycles. The molecule has 1 aliphatic rings. The molecule has 0 bridgehead atoms. The highest BCUT2D eigenvalue weighted by molar-refractivity contribution is 7.90. The Labute approximate surface area is 174 Å². The van der Waals surface area contributed by atoms with E-state index in [1.807, 2.05) is 0 Å². The van der Waals surface area contributed by atoms with Gasteiger partial charge in [-0.1, -0.05) is 31.4 Å². The van der Waals surface area contributed by atoms with E-state index < -0.39 is 26.9 Å². The van der Waals surface area contributed by atoms with Gasteiger partial charge in [-0.15, -0.1) is 10.1 Å². The quantitative estimate of drug-likeness (QED) is 0.494. The molecule has 0 saturated heterocycles. The van der Waals surface area contributed by atoms with Crippen molar-refractivity contribution in [2.45, 2.75) is 55.6 Å². The zero-order valence-corrected chi connectivity index (χ0v) is 17.4. The fraction of sp³-hybridized carbons (Fsp3) is 0.474. The Balaban J connectivity index is 2.05. The van der Waals surface area contributed by atoms with Crippen molar-refractivity contribution in [2.75, 3.05) is 6.26 Å². The maximum atomic E-state index is 11.8. The highest BCUT2D eigenvalue weighted by Gasteiger charge is 2.27. The molecule has 0 aliphatic heterocycles. The number of hydrogen-bond acceptors (Lipinski definition) is 7. The van der Waals surface area contributed by atoms with E-state index in [0.29, 0.717) is 11.3 Å². The molecule has 1 saturated carbocycles. The van der Waals surface area contributed by atoms with Crippen LogP contribution in [-0.4, -0.2) is 35.4 Å². The molecular weight excluding hydrogens is 412 g/mol. The van der Waals surface area contributed by atoms with Gasteiger partial charge in [-0.2, -0.15) is 5.10 Å². The third-order valence-corrected chi connectivity index (χ3v) is 6.31. The third-order valence-electron chi connectivity index (χ3n) is 5.18. The predicted molar refractivity (Wildman–Crippen MR) is 108 cm³/mol. The molecule has 1 amide bonds. The minimum Gasteiger partial charge on any atom is -0.370 e. The number of rotatable bonds is 8. The molecule has 1 aromatic heterocycles. The molecular formula is C19H24N4O6S. The summed E-state index contributed by atoms with van der Waals surface area (Å²) in [5.41, 5.74) is 6.86. The molecule has 11 heteroatoms. The minimum absolute atomic E-state index is 0.0990. The van der Waals surface area contributed by atoms with Crippen molar-refractivity contribution in [1.82, 2.24) is 9.78 Å². The zero-order chi connectivity index (χ0) is 21.9. The summed E-state index contributed by atoms with van der Waals surface area (Å²) >= 11 is 0. The van der Waals surface area contributed by atoms with Gasteiger partial charge in [-0.05, 0) is 36.6 Å². The van der Waals surface area contributed by atoms with Crippen LogP contribution < -0.4 is 5.73 Å². The van der Waals surface area contributed by atoms with Crippen LogP contribution in [0.2, 0.25) is 0 Å². The standard InChI is InChI=1S/C19H24N4O6S/c1-30(27,28)15-9-7-13(8-10-15)17-11-16(18(12-19(20)24)29-23(25)26)21-22(17)14-5-3-2-4-6-14/h7-11,14,18H,2-6,12H2,1H3,(H2,20,24). The summed E-state index contributed by atoms with van der Waals surface area (Å²) < 4.78 is 25.3. The van der Waals surface area contributed by atoms with Gasteiger partial charge in [-0.3, -0.25) is 9.48 Å². The Kier molecular flexibility index (Phi) is 6.40. The molecule has 2 N–H and O–H groups in total. The highest BCUT2D eigenvalue weighted by atomic mass is 32.2. The van der Waals surface area contributed by atoms with Crippen LogP contribution in [0.3, 0.4) is 0 Å². The Morgan fingerprint density at radius 3 is 2.47 bits per heavy atom. The maximum Gasteiger partial charge on any atom is 0.295 e. The van der Waals surface area contributed by atoms with Crippen molar-refractivity contribution in [1.29, 1.82) is 0 Å². The summed E-state index contributed by atoms with van der Waals surface area (Å²) in [6, 6.07) is 8.11. The highest BCUT2D eigenvalue weighted by Crippen LogP contribution is 2.35. The molecule has 1 atom stereocenters. The summed E-state index contributed by atoms with van der Waals surface area (Å²) in [6.07, 6.45) is 4.59. The third kappa shape index (κ3) is 5.15. The van der Waals surface area contributed by atoms with Crippen LogP contribution in [0.25, 0.3) is 11.3 Å². The number of amides is 1. The molecule has 162 valence electrons. The Morgan fingerprint density at radius 1 is 1.30 bits per heavy atom. The largest absolute Gasteiger partial charge is 0.370 e. The van der Waals surface area contributed by atoms with Crippen molar-refractivity contribution in [2.24, 2.45) is 5.73 Å². The van der Waals surface area contributed by atoms with Crippen molar-refractivity contribution >= 4 is 15.7 Å². The van der Waals surface area contributed by atoms with E-state index >= 15 is 0 Å². The van der Waals surface area contributed by atoms with Crippen LogP contribution in [0, 0.1) is 10.1 Å². The SMILES string of the molecule is CS(=O)(=O)c1ccc(-c2cc(C(CC(N)=O)O[N+](=O)[O-])nn2C2CCCCC2)cc1. The second-order valence-electron chi connectivity index (χ2n) is 7.48. The summed E-state index contributed by atoms with van der Waals surface area (Å²) in [7, 11) is -3.34. The van der Waals surface area contributed by atoms with E-state index in [0.717, 1.165) is 38.4 Å². The summed E-state index contributed by atoms with van der Waals surface area (Å²) in [5, 5.41) is 14.5. The molecule has 3 rings (SSSR count). The monoisotopic (exact) mass is 436 g/mol. The molecule has 1 heterocycles. The van der Waals surface area contributed by atoms with Crippen LogP contribution in [-0.2, 0) is 19.5 Å². The van der Waals surface area contributed by atoms with E-state index in [2.05, 4.69) is 9.94 Å². The number of nitrogens with two attached hydrogens (primary N) is 1. The normalized spacial score (nSPS) is 16.2. The van der Waals surface area contributed by atoms with E-state index in [1.165, 1.54) is 12.1 Å². The van der Waals surface area contributed by atoms with Gasteiger partial charge in [0.2, 0.25) is 5.91 Å². The molecule has 1 unspecified atom stereocenters. The maximum absolute atomic E-state index is 11.8. The van der Waals surface area contributed by atoms with E-state index in [9.17, 15) is 23.3 Å². The molecule has 10 nitrogen and oxygen atoms in total. The van der Waals surface area contributed by atoms with Gasteiger partial charge in [0.25, 0.3) is 5.09 Å². The molecule has 30 heavy (non-hydrogen) atoms. The molecule has 1 aliphatic carbocycles. The number of carbonyl (C=O) groups is 1. The average Bonchev–Trinajstić information content (AvgIpc) is 3.12. The number of benzene rings is 1. The lowest BCUT2D eigenvalue weighted by atomic mass is 9.95. The molecule has 0 radical (unpaired) electrons. The van der Waals surface area contributed by atoms with E-state index in [4.69, 9.17) is 5.73 Å². The molecule has 2 aromatic rings. The Hall–Kier alpha value is -2.95. The van der Waals surface area contributed by atoms with Crippen LogP contribution in [0.4, 0.5) is 0 Å². The van der Waals surface area contributed by atoms with Crippen molar-refractivity contribution < 1.29 is 23.1 Å². The zero-order valence-electron chi connectivity index (χ0n) is 16.6. The number of hydrogen-bond donors (Lipinski definition) is 1. The van der Waals surface area contributed by atoms with Gasteiger partial charge < -0.3 is 10.6 Å². The first-order chi connectivity index (χ1) is 14.1. The van der Waals surface area contributed by atoms with Crippen LogP contribution >= 0.6 is 0 Å². The van der Waals surface area contributed by atoms with Gasteiger partial charge in [0, 0.05) is 6.26 Å². The minimum atomic E-state index is -3.34.